The fourth-order valence-electron chi connectivity index (χ4n) is 3.54. The van der Waals surface area contributed by atoms with Crippen LogP contribution in [0.4, 0.5) is 0 Å². The van der Waals surface area contributed by atoms with Crippen molar-refractivity contribution in [3.8, 4) is 18.4 Å². The molecule has 0 radical (unpaired) electrons. The average Bonchev–Trinajstić information content (AvgIpc) is 2.32. The zero-order chi connectivity index (χ0) is 13.9. The van der Waals surface area contributed by atoms with Gasteiger partial charge in [0.05, 0.1) is 24.8 Å². The molecule has 1 spiro atoms. The molecule has 4 nitrogen and oxygen atoms in total. The summed E-state index contributed by atoms with van der Waals surface area (Å²) in [5.74, 6) is 2.78. The maximum atomic E-state index is 8.91. The van der Waals surface area contributed by atoms with Crippen LogP contribution in [0.1, 0.15) is 26.7 Å². The van der Waals surface area contributed by atoms with Gasteiger partial charge in [0.15, 0.2) is 0 Å². The van der Waals surface area contributed by atoms with E-state index in [1.165, 1.54) is 0 Å². The first-order valence-corrected chi connectivity index (χ1v) is 6.93. The molecule has 0 aromatic heterocycles. The predicted octanol–water partition coefficient (Wildman–Crippen LogP) is 1.09. The number of hydrogen-bond acceptors (Lipinski definition) is 4. The Bertz CT molecular complexity index is 407. The van der Waals surface area contributed by atoms with E-state index in [-0.39, 0.29) is 11.1 Å². The monoisotopic (exact) mass is 261 g/mol. The fraction of sp³-hybridized carbons (Fsp3) is 0.800. The van der Waals surface area contributed by atoms with Gasteiger partial charge < -0.3 is 4.74 Å². The zero-order valence-corrected chi connectivity index (χ0v) is 12.0. The molecule has 0 aromatic rings. The molecule has 1 unspecified atom stereocenters. The SMILES string of the molecule is C#CCN1CCN(CC#N)CC12CCOC(C)(C)C2. The summed E-state index contributed by atoms with van der Waals surface area (Å²) in [5, 5.41) is 8.91. The van der Waals surface area contributed by atoms with Gasteiger partial charge in [-0.15, -0.1) is 6.42 Å². The summed E-state index contributed by atoms with van der Waals surface area (Å²) in [6.07, 6.45) is 7.50. The highest BCUT2D eigenvalue weighted by Crippen LogP contribution is 2.38. The third-order valence-electron chi connectivity index (χ3n) is 4.27. The molecule has 0 bridgehead atoms. The zero-order valence-electron chi connectivity index (χ0n) is 12.0. The summed E-state index contributed by atoms with van der Waals surface area (Å²) in [6.45, 7) is 9.06. The van der Waals surface area contributed by atoms with E-state index in [0.29, 0.717) is 13.1 Å². The first-order chi connectivity index (χ1) is 9.01. The van der Waals surface area contributed by atoms with Crippen LogP contribution in [0.3, 0.4) is 0 Å². The standard InChI is InChI=1S/C15H23N3O/c1-4-7-18-10-9-17(8-6-16)13-15(18)5-11-19-14(2,3)12-15/h1H,5,7-13H2,2-3H3. The lowest BCUT2D eigenvalue weighted by Gasteiger charge is -2.55. The van der Waals surface area contributed by atoms with Gasteiger partial charge >= 0.3 is 0 Å². The van der Waals surface area contributed by atoms with Crippen molar-refractivity contribution in [2.75, 3.05) is 39.3 Å². The summed E-state index contributed by atoms with van der Waals surface area (Å²) in [4.78, 5) is 4.67. The second kappa shape index (κ2) is 5.51. The number of nitrogens with zero attached hydrogens (tertiary/aromatic N) is 3. The first kappa shape index (κ1) is 14.3. The quantitative estimate of drug-likeness (QED) is 0.551. The average molecular weight is 261 g/mol. The minimum absolute atomic E-state index is 0.0726. The second-order valence-electron chi connectivity index (χ2n) is 6.25. The molecule has 1 atom stereocenters. The van der Waals surface area contributed by atoms with Gasteiger partial charge in [-0.05, 0) is 26.7 Å². The highest BCUT2D eigenvalue weighted by atomic mass is 16.5. The van der Waals surface area contributed by atoms with Crippen LogP contribution in [0.5, 0.6) is 0 Å². The molecule has 0 N–H and O–H groups in total. The van der Waals surface area contributed by atoms with Gasteiger partial charge in [0.25, 0.3) is 0 Å². The number of rotatable bonds is 2. The van der Waals surface area contributed by atoms with Crippen LogP contribution in [0.2, 0.25) is 0 Å². The number of hydrogen-bond donors (Lipinski definition) is 0. The fourth-order valence-corrected chi connectivity index (χ4v) is 3.54. The molecule has 2 rings (SSSR count). The van der Waals surface area contributed by atoms with Crippen molar-refractivity contribution in [3.05, 3.63) is 0 Å². The minimum atomic E-state index is -0.110. The van der Waals surface area contributed by atoms with E-state index in [1.54, 1.807) is 0 Å². The van der Waals surface area contributed by atoms with Gasteiger partial charge in [0.1, 0.15) is 0 Å². The molecule has 0 aromatic carbocycles. The third kappa shape index (κ3) is 3.09. The highest BCUT2D eigenvalue weighted by molar-refractivity contribution is 5.06. The van der Waals surface area contributed by atoms with Crippen molar-refractivity contribution in [1.29, 1.82) is 5.26 Å². The van der Waals surface area contributed by atoms with Crippen LogP contribution >= 0.6 is 0 Å². The second-order valence-corrected chi connectivity index (χ2v) is 6.25. The smallest absolute Gasteiger partial charge is 0.0867 e. The van der Waals surface area contributed by atoms with Crippen molar-refractivity contribution in [2.24, 2.45) is 0 Å². The topological polar surface area (TPSA) is 39.5 Å². The normalized spacial score (nSPS) is 31.8. The predicted molar refractivity (Wildman–Crippen MR) is 74.5 cm³/mol. The van der Waals surface area contributed by atoms with E-state index in [4.69, 9.17) is 16.4 Å². The van der Waals surface area contributed by atoms with Crippen LogP contribution in [0, 0.1) is 23.7 Å². The van der Waals surface area contributed by atoms with E-state index < -0.39 is 0 Å². The Morgan fingerprint density at radius 1 is 1.32 bits per heavy atom. The summed E-state index contributed by atoms with van der Waals surface area (Å²) in [7, 11) is 0. The largest absolute Gasteiger partial charge is 0.375 e. The molecular formula is C15H23N3O. The molecule has 0 aliphatic carbocycles. The molecule has 2 aliphatic rings. The Kier molecular flexibility index (Phi) is 4.16. The van der Waals surface area contributed by atoms with Gasteiger partial charge in [0.2, 0.25) is 0 Å². The molecule has 2 fully saturated rings. The summed E-state index contributed by atoms with van der Waals surface area (Å²) in [5.41, 5.74) is -0.0377. The summed E-state index contributed by atoms with van der Waals surface area (Å²) >= 11 is 0. The third-order valence-corrected chi connectivity index (χ3v) is 4.27. The van der Waals surface area contributed by atoms with Gasteiger partial charge in [0, 0.05) is 31.8 Å². The molecule has 2 saturated heterocycles. The van der Waals surface area contributed by atoms with Gasteiger partial charge in [-0.2, -0.15) is 5.26 Å². The molecule has 104 valence electrons. The van der Waals surface area contributed by atoms with E-state index in [1.807, 2.05) is 0 Å². The van der Waals surface area contributed by atoms with Crippen molar-refractivity contribution >= 4 is 0 Å². The van der Waals surface area contributed by atoms with Crippen LogP contribution in [0.25, 0.3) is 0 Å². The molecule has 2 aliphatic heterocycles. The maximum absolute atomic E-state index is 8.91. The van der Waals surface area contributed by atoms with Crippen LogP contribution in [0.15, 0.2) is 0 Å². The maximum Gasteiger partial charge on any atom is 0.0867 e. The Balaban J connectivity index is 2.19. The van der Waals surface area contributed by atoms with E-state index >= 15 is 0 Å². The van der Waals surface area contributed by atoms with Crippen molar-refractivity contribution in [3.63, 3.8) is 0 Å². The van der Waals surface area contributed by atoms with Crippen LogP contribution in [-0.2, 0) is 4.74 Å². The Labute approximate surface area is 116 Å². The summed E-state index contributed by atoms with van der Waals surface area (Å²) in [6, 6.07) is 2.26. The highest BCUT2D eigenvalue weighted by Gasteiger charge is 2.47. The summed E-state index contributed by atoms with van der Waals surface area (Å²) < 4.78 is 5.85. The molecule has 0 saturated carbocycles. The van der Waals surface area contributed by atoms with Crippen LogP contribution in [-0.4, -0.2) is 60.3 Å². The lowest BCUT2D eigenvalue weighted by molar-refractivity contribution is -0.137. The van der Waals surface area contributed by atoms with Crippen molar-refractivity contribution in [2.45, 2.75) is 37.8 Å². The van der Waals surface area contributed by atoms with Gasteiger partial charge in [-0.25, -0.2) is 0 Å². The lowest BCUT2D eigenvalue weighted by atomic mass is 9.78. The van der Waals surface area contributed by atoms with Gasteiger partial charge in [-0.1, -0.05) is 5.92 Å². The minimum Gasteiger partial charge on any atom is -0.375 e. The van der Waals surface area contributed by atoms with Crippen molar-refractivity contribution < 1.29 is 4.74 Å². The Morgan fingerprint density at radius 3 is 2.74 bits per heavy atom. The van der Waals surface area contributed by atoms with E-state index in [0.717, 1.165) is 39.1 Å². The van der Waals surface area contributed by atoms with Gasteiger partial charge in [-0.3, -0.25) is 9.80 Å². The molecule has 4 heteroatoms. The first-order valence-electron chi connectivity index (χ1n) is 6.93. The van der Waals surface area contributed by atoms with Crippen LogP contribution < -0.4 is 0 Å². The number of piperazine rings is 1. The van der Waals surface area contributed by atoms with E-state index in [9.17, 15) is 0 Å². The Hall–Kier alpha value is -1.07. The van der Waals surface area contributed by atoms with E-state index in [2.05, 4.69) is 35.6 Å². The molecule has 2 heterocycles. The Morgan fingerprint density at radius 2 is 2.11 bits per heavy atom. The lowest BCUT2D eigenvalue weighted by Crippen LogP contribution is -2.66. The molecule has 0 amide bonds. The number of terminal acetylenes is 1. The molecular weight excluding hydrogens is 238 g/mol. The molecule has 19 heavy (non-hydrogen) atoms. The number of nitriles is 1. The number of ether oxygens (including phenoxy) is 1. The van der Waals surface area contributed by atoms with Crippen molar-refractivity contribution in [1.82, 2.24) is 9.80 Å².